The molecule has 31 heavy (non-hydrogen) atoms. The molecule has 6 nitrogen and oxygen atoms in total. The van der Waals surface area contributed by atoms with Gasteiger partial charge in [-0.05, 0) is 37.3 Å². The van der Waals surface area contributed by atoms with E-state index in [-0.39, 0.29) is 29.2 Å². The van der Waals surface area contributed by atoms with Crippen LogP contribution < -0.4 is 9.47 Å². The Hall–Kier alpha value is -3.69. The minimum Gasteiger partial charge on any atom is -0.460 e. The van der Waals surface area contributed by atoms with Gasteiger partial charge in [0.15, 0.2) is 6.29 Å². The fraction of sp³-hybridized carbons (Fsp3) is 0.190. The second kappa shape index (κ2) is 13.5. The highest BCUT2D eigenvalue weighted by molar-refractivity contribution is 6.39. The number of ketones is 1. The van der Waals surface area contributed by atoms with Crippen molar-refractivity contribution in [2.45, 2.75) is 20.1 Å². The maximum absolute atomic E-state index is 12.1. The topological polar surface area (TPSA) is 78.9 Å². The van der Waals surface area contributed by atoms with E-state index in [9.17, 15) is 31.9 Å². The molecule has 0 amide bonds. The normalized spacial score (nSPS) is 10.4. The molecule has 0 heterocycles. The number of alkyl halides is 4. The predicted molar refractivity (Wildman–Crippen MR) is 102 cm³/mol. The summed E-state index contributed by atoms with van der Waals surface area (Å²) in [5.74, 6) is -2.03. The van der Waals surface area contributed by atoms with Crippen LogP contribution >= 0.6 is 0 Å². The zero-order valence-electron chi connectivity index (χ0n) is 16.2. The summed E-state index contributed by atoms with van der Waals surface area (Å²) in [5.41, 5.74) is 0.387. The summed E-state index contributed by atoms with van der Waals surface area (Å²) in [6.07, 6.45) is 2.64. The highest BCUT2D eigenvalue weighted by Gasteiger charge is 2.12. The van der Waals surface area contributed by atoms with Crippen LogP contribution in [0.5, 0.6) is 11.5 Å². The summed E-state index contributed by atoms with van der Waals surface area (Å²) in [6, 6.07) is 11.7. The maximum Gasteiger partial charge on any atom is 0.387 e. The van der Waals surface area contributed by atoms with Crippen molar-refractivity contribution in [2.24, 2.45) is 0 Å². The summed E-state index contributed by atoms with van der Waals surface area (Å²) in [5, 5.41) is 0. The predicted octanol–water partition coefficient (Wildman–Crippen LogP) is 4.53. The van der Waals surface area contributed by atoms with Crippen LogP contribution in [0, 0.1) is 0 Å². The molecule has 0 aliphatic heterocycles. The molecule has 0 aromatic heterocycles. The lowest BCUT2D eigenvalue weighted by molar-refractivity contribution is -0.151. The van der Waals surface area contributed by atoms with E-state index in [4.69, 9.17) is 0 Å². The maximum atomic E-state index is 12.1. The van der Waals surface area contributed by atoms with Gasteiger partial charge < -0.3 is 14.2 Å². The molecular formula is C21H18F4O6. The Balaban J connectivity index is 0.000000343. The first-order valence-electron chi connectivity index (χ1n) is 8.70. The van der Waals surface area contributed by atoms with Gasteiger partial charge in [0.1, 0.15) is 11.5 Å². The molecule has 0 atom stereocenters. The number of ether oxygens (including phenoxy) is 3. The van der Waals surface area contributed by atoms with E-state index in [0.29, 0.717) is 6.29 Å². The molecule has 166 valence electrons. The van der Waals surface area contributed by atoms with E-state index in [1.807, 2.05) is 0 Å². The molecule has 2 rings (SSSR count). The number of benzene rings is 2. The summed E-state index contributed by atoms with van der Waals surface area (Å²) in [6.45, 7) is -4.20. The van der Waals surface area contributed by atoms with Crippen LogP contribution in [0.25, 0.3) is 6.08 Å². The van der Waals surface area contributed by atoms with Crippen LogP contribution in [0.1, 0.15) is 22.8 Å². The van der Waals surface area contributed by atoms with Crippen molar-refractivity contribution in [1.82, 2.24) is 0 Å². The van der Waals surface area contributed by atoms with Crippen LogP contribution in [0.15, 0.2) is 54.6 Å². The molecule has 0 fully saturated rings. The molecule has 0 spiro atoms. The van der Waals surface area contributed by atoms with Crippen molar-refractivity contribution in [1.29, 1.82) is 0 Å². The first-order valence-corrected chi connectivity index (χ1v) is 8.70. The van der Waals surface area contributed by atoms with Crippen molar-refractivity contribution in [3.63, 3.8) is 0 Å². The molecule has 0 unspecified atom stereocenters. The molecule has 0 radical (unpaired) electrons. The highest BCUT2D eigenvalue weighted by Crippen LogP contribution is 2.21. The molecule has 0 saturated carbocycles. The second-order valence-electron chi connectivity index (χ2n) is 5.37. The molecule has 0 bridgehead atoms. The minimum absolute atomic E-state index is 0.0783. The molecule has 2 aromatic rings. The summed E-state index contributed by atoms with van der Waals surface area (Å²) in [7, 11) is 0. The second-order valence-corrected chi connectivity index (χ2v) is 5.37. The molecule has 0 aliphatic carbocycles. The number of hydrogen-bond donors (Lipinski definition) is 0. The number of carbonyl (C=O) groups is 3. The lowest BCUT2D eigenvalue weighted by atomic mass is 10.1. The SMILES string of the molecule is CCOC(=O)C(=O)/C=C/c1ccccc1OC(F)F.O=Cc1ccccc1OC(F)F. The number of hydrogen-bond acceptors (Lipinski definition) is 6. The fourth-order valence-electron chi connectivity index (χ4n) is 2.04. The van der Waals surface area contributed by atoms with Gasteiger partial charge in [-0.1, -0.05) is 30.3 Å². The Morgan fingerprint density at radius 2 is 1.35 bits per heavy atom. The van der Waals surface area contributed by atoms with Gasteiger partial charge in [0.05, 0.1) is 12.2 Å². The quantitative estimate of drug-likeness (QED) is 0.187. The van der Waals surface area contributed by atoms with Gasteiger partial charge in [-0.2, -0.15) is 17.6 Å². The van der Waals surface area contributed by atoms with Crippen LogP contribution in [0.3, 0.4) is 0 Å². The first-order chi connectivity index (χ1) is 14.8. The van der Waals surface area contributed by atoms with Gasteiger partial charge in [-0.3, -0.25) is 9.59 Å². The summed E-state index contributed by atoms with van der Waals surface area (Å²) >= 11 is 0. The zero-order chi connectivity index (χ0) is 23.2. The summed E-state index contributed by atoms with van der Waals surface area (Å²) in [4.78, 5) is 32.6. The van der Waals surface area contributed by atoms with Gasteiger partial charge >= 0.3 is 19.2 Å². The van der Waals surface area contributed by atoms with Crippen LogP contribution in [0.2, 0.25) is 0 Å². The molecular weight excluding hydrogens is 424 g/mol. The van der Waals surface area contributed by atoms with Crippen LogP contribution in [0.4, 0.5) is 17.6 Å². The monoisotopic (exact) mass is 442 g/mol. The summed E-state index contributed by atoms with van der Waals surface area (Å²) < 4.78 is 60.5. The van der Waals surface area contributed by atoms with E-state index in [1.54, 1.807) is 19.1 Å². The Bertz CT molecular complexity index is 899. The number of esters is 1. The van der Waals surface area contributed by atoms with Gasteiger partial charge in [0, 0.05) is 5.56 Å². The Kier molecular flexibility index (Phi) is 11.1. The number of rotatable bonds is 9. The van der Waals surface area contributed by atoms with Gasteiger partial charge in [-0.25, -0.2) is 4.79 Å². The van der Waals surface area contributed by atoms with Gasteiger partial charge in [-0.15, -0.1) is 0 Å². The number of aldehydes is 1. The van der Waals surface area contributed by atoms with E-state index < -0.39 is 25.0 Å². The Morgan fingerprint density at radius 1 is 0.871 bits per heavy atom. The first kappa shape index (κ1) is 25.3. The van der Waals surface area contributed by atoms with Crippen molar-refractivity contribution < 1.29 is 46.2 Å². The number of carbonyl (C=O) groups excluding carboxylic acids is 3. The smallest absolute Gasteiger partial charge is 0.387 e. The average Bonchev–Trinajstić information content (AvgIpc) is 2.73. The van der Waals surface area contributed by atoms with E-state index in [2.05, 4.69) is 14.2 Å². The molecule has 2 aromatic carbocycles. The highest BCUT2D eigenvalue weighted by atomic mass is 19.3. The third kappa shape index (κ3) is 9.57. The number of para-hydroxylation sites is 2. The Labute approximate surface area is 175 Å². The van der Waals surface area contributed by atoms with E-state index >= 15 is 0 Å². The molecule has 10 heteroatoms. The van der Waals surface area contributed by atoms with E-state index in [1.165, 1.54) is 42.5 Å². The van der Waals surface area contributed by atoms with Gasteiger partial charge in [0.25, 0.3) is 5.78 Å². The molecule has 0 N–H and O–H groups in total. The Morgan fingerprint density at radius 3 is 1.84 bits per heavy atom. The van der Waals surface area contributed by atoms with Crippen molar-refractivity contribution in [2.75, 3.05) is 6.61 Å². The van der Waals surface area contributed by atoms with Gasteiger partial charge in [0.2, 0.25) is 0 Å². The largest absolute Gasteiger partial charge is 0.460 e. The standard InChI is InChI=1S/C13H12F2O4.C8H6F2O2/c1-2-18-12(17)10(16)8-7-9-5-3-4-6-11(9)19-13(14)15;9-8(10)12-7-4-2-1-3-6(7)5-11/h3-8,13H,2H2,1H3;1-5,8H/b8-7+;. The van der Waals surface area contributed by atoms with Crippen LogP contribution in [-0.2, 0) is 14.3 Å². The lowest BCUT2D eigenvalue weighted by Gasteiger charge is -2.07. The van der Waals surface area contributed by atoms with Crippen molar-refractivity contribution in [3.05, 3.63) is 65.7 Å². The average molecular weight is 442 g/mol. The zero-order valence-corrected chi connectivity index (χ0v) is 16.2. The third-order valence-electron chi connectivity index (χ3n) is 3.29. The minimum atomic E-state index is -2.96. The van der Waals surface area contributed by atoms with Crippen molar-refractivity contribution >= 4 is 24.1 Å². The van der Waals surface area contributed by atoms with E-state index in [0.717, 1.165) is 6.08 Å². The third-order valence-corrected chi connectivity index (χ3v) is 3.29. The molecule has 0 aliphatic rings. The molecule has 0 saturated heterocycles. The van der Waals surface area contributed by atoms with Crippen LogP contribution in [-0.4, -0.2) is 37.9 Å². The fourth-order valence-corrected chi connectivity index (χ4v) is 2.04. The lowest BCUT2D eigenvalue weighted by Crippen LogP contribution is -2.14. The van der Waals surface area contributed by atoms with Crippen molar-refractivity contribution in [3.8, 4) is 11.5 Å². The number of halogens is 4.